The second-order valence-corrected chi connectivity index (χ2v) is 6.17. The Bertz CT molecular complexity index is 461. The van der Waals surface area contributed by atoms with E-state index in [1.165, 1.54) is 0 Å². The van der Waals surface area contributed by atoms with E-state index in [1.807, 2.05) is 13.8 Å². The highest BCUT2D eigenvalue weighted by atomic mass is 16.6. The predicted molar refractivity (Wildman–Crippen MR) is 78.6 cm³/mol. The number of carbonyl (C=O) groups is 2. The normalized spacial score (nSPS) is 12.9. The van der Waals surface area contributed by atoms with Crippen molar-refractivity contribution in [2.45, 2.75) is 52.8 Å². The number of rotatable bonds is 5. The minimum atomic E-state index is -0.658. The van der Waals surface area contributed by atoms with Crippen LogP contribution in [0.4, 0.5) is 4.79 Å². The second-order valence-electron chi connectivity index (χ2n) is 6.17. The van der Waals surface area contributed by atoms with Gasteiger partial charge in [0.2, 0.25) is 5.91 Å². The highest BCUT2D eigenvalue weighted by Crippen LogP contribution is 2.09. The molecule has 0 spiro atoms. The minimum Gasteiger partial charge on any atom is -0.467 e. The molecular formula is C15H24N2O4. The number of nitrogens with one attached hydrogen (secondary N) is 2. The van der Waals surface area contributed by atoms with Crippen molar-refractivity contribution in [3.05, 3.63) is 24.2 Å². The molecule has 0 saturated heterocycles. The maximum atomic E-state index is 12.2. The molecule has 21 heavy (non-hydrogen) atoms. The lowest BCUT2D eigenvalue weighted by Crippen LogP contribution is -2.50. The Labute approximate surface area is 125 Å². The molecule has 0 bridgehead atoms. The molecule has 6 nitrogen and oxygen atoms in total. The van der Waals surface area contributed by atoms with Gasteiger partial charge in [-0.15, -0.1) is 0 Å². The van der Waals surface area contributed by atoms with Crippen LogP contribution in [0.25, 0.3) is 0 Å². The Morgan fingerprint density at radius 3 is 2.48 bits per heavy atom. The lowest BCUT2D eigenvalue weighted by atomic mass is 10.0. The summed E-state index contributed by atoms with van der Waals surface area (Å²) in [5, 5.41) is 5.33. The largest absolute Gasteiger partial charge is 0.467 e. The Kier molecular flexibility index (Phi) is 5.81. The number of furan rings is 1. The SMILES string of the molecule is CC(C)[C@H](NC(=O)OC(C)(C)C)C(=O)NCc1ccco1. The zero-order chi connectivity index (χ0) is 16.0. The van der Waals surface area contributed by atoms with Gasteiger partial charge in [0.05, 0.1) is 12.8 Å². The Balaban J connectivity index is 2.55. The van der Waals surface area contributed by atoms with Crippen LogP contribution in [-0.2, 0) is 16.1 Å². The standard InChI is InChI=1S/C15H24N2O4/c1-10(2)12(17-14(19)21-15(3,4)5)13(18)16-9-11-7-6-8-20-11/h6-8,10,12H,9H2,1-5H3,(H,16,18)(H,17,19)/t12-/m0/s1. The van der Waals surface area contributed by atoms with Gasteiger partial charge in [0, 0.05) is 0 Å². The number of ether oxygens (including phenoxy) is 1. The van der Waals surface area contributed by atoms with Crippen molar-refractivity contribution in [1.82, 2.24) is 10.6 Å². The molecule has 6 heteroatoms. The van der Waals surface area contributed by atoms with Crippen LogP contribution in [0.5, 0.6) is 0 Å². The topological polar surface area (TPSA) is 80.6 Å². The summed E-state index contributed by atoms with van der Waals surface area (Å²) in [5.41, 5.74) is -0.601. The third-order valence-corrected chi connectivity index (χ3v) is 2.64. The van der Waals surface area contributed by atoms with E-state index in [0.717, 1.165) is 0 Å². The quantitative estimate of drug-likeness (QED) is 0.874. The Hall–Kier alpha value is -1.98. The summed E-state index contributed by atoms with van der Waals surface area (Å²) in [6.07, 6.45) is 0.940. The molecule has 1 aromatic heterocycles. The van der Waals surface area contributed by atoms with Crippen LogP contribution in [0.15, 0.2) is 22.8 Å². The third-order valence-electron chi connectivity index (χ3n) is 2.64. The molecule has 0 radical (unpaired) electrons. The minimum absolute atomic E-state index is 0.0610. The predicted octanol–water partition coefficient (Wildman–Crippen LogP) is 2.45. The van der Waals surface area contributed by atoms with Crippen LogP contribution in [0.3, 0.4) is 0 Å². The fourth-order valence-electron chi connectivity index (χ4n) is 1.67. The maximum Gasteiger partial charge on any atom is 0.408 e. The molecule has 2 N–H and O–H groups in total. The summed E-state index contributed by atoms with van der Waals surface area (Å²) < 4.78 is 10.3. The molecule has 1 aromatic rings. The van der Waals surface area contributed by atoms with Gasteiger partial charge in [0.15, 0.2) is 0 Å². The third kappa shape index (κ3) is 6.33. The molecule has 1 heterocycles. The van der Waals surface area contributed by atoms with Crippen LogP contribution in [-0.4, -0.2) is 23.6 Å². The van der Waals surface area contributed by atoms with Gasteiger partial charge < -0.3 is 19.8 Å². The molecule has 0 aliphatic heterocycles. The first-order valence-electron chi connectivity index (χ1n) is 6.98. The van der Waals surface area contributed by atoms with Gasteiger partial charge in [-0.2, -0.15) is 0 Å². The van der Waals surface area contributed by atoms with Gasteiger partial charge in [-0.25, -0.2) is 4.79 Å². The first-order valence-corrected chi connectivity index (χ1v) is 6.98. The monoisotopic (exact) mass is 296 g/mol. The Morgan fingerprint density at radius 1 is 1.33 bits per heavy atom. The maximum absolute atomic E-state index is 12.2. The van der Waals surface area contributed by atoms with E-state index in [-0.39, 0.29) is 18.4 Å². The number of alkyl carbamates (subject to hydrolysis) is 1. The molecule has 1 rings (SSSR count). The fourth-order valence-corrected chi connectivity index (χ4v) is 1.67. The van der Waals surface area contributed by atoms with Crippen molar-refractivity contribution < 1.29 is 18.7 Å². The van der Waals surface area contributed by atoms with Gasteiger partial charge >= 0.3 is 6.09 Å². The molecule has 118 valence electrons. The van der Waals surface area contributed by atoms with Crippen molar-refractivity contribution >= 4 is 12.0 Å². The number of hydrogen-bond acceptors (Lipinski definition) is 4. The van der Waals surface area contributed by atoms with Gasteiger partial charge in [-0.1, -0.05) is 13.8 Å². The number of hydrogen-bond donors (Lipinski definition) is 2. The van der Waals surface area contributed by atoms with Crippen LogP contribution < -0.4 is 10.6 Å². The van der Waals surface area contributed by atoms with Crippen molar-refractivity contribution in [2.75, 3.05) is 0 Å². The fraction of sp³-hybridized carbons (Fsp3) is 0.600. The van der Waals surface area contributed by atoms with Crippen LogP contribution in [0, 0.1) is 5.92 Å². The molecule has 0 aliphatic carbocycles. The van der Waals surface area contributed by atoms with Crippen molar-refractivity contribution in [2.24, 2.45) is 5.92 Å². The molecule has 0 aliphatic rings. The second kappa shape index (κ2) is 7.15. The first-order chi connectivity index (χ1) is 9.69. The highest BCUT2D eigenvalue weighted by molar-refractivity contribution is 5.85. The van der Waals surface area contributed by atoms with Gasteiger partial charge in [-0.3, -0.25) is 4.79 Å². The zero-order valence-corrected chi connectivity index (χ0v) is 13.2. The molecule has 2 amide bonds. The number of amides is 2. The molecule has 0 saturated carbocycles. The summed E-state index contributed by atoms with van der Waals surface area (Å²) in [6.45, 7) is 9.31. The van der Waals surface area contributed by atoms with E-state index in [0.29, 0.717) is 5.76 Å². The van der Waals surface area contributed by atoms with E-state index < -0.39 is 17.7 Å². The summed E-state index contributed by atoms with van der Waals surface area (Å²) >= 11 is 0. The highest BCUT2D eigenvalue weighted by Gasteiger charge is 2.26. The average Bonchev–Trinajstić information content (AvgIpc) is 2.83. The molecular weight excluding hydrogens is 272 g/mol. The average molecular weight is 296 g/mol. The van der Waals surface area contributed by atoms with Crippen LogP contribution in [0.2, 0.25) is 0 Å². The molecule has 0 unspecified atom stereocenters. The summed E-state index contributed by atoms with van der Waals surface area (Å²) in [5.74, 6) is 0.324. The van der Waals surface area contributed by atoms with E-state index in [4.69, 9.17) is 9.15 Å². The van der Waals surface area contributed by atoms with Crippen molar-refractivity contribution in [1.29, 1.82) is 0 Å². The summed E-state index contributed by atoms with van der Waals surface area (Å²) in [4.78, 5) is 23.9. The van der Waals surface area contributed by atoms with Crippen molar-refractivity contribution in [3.63, 3.8) is 0 Å². The van der Waals surface area contributed by atoms with Crippen molar-refractivity contribution in [3.8, 4) is 0 Å². The van der Waals surface area contributed by atoms with Crippen LogP contribution in [0.1, 0.15) is 40.4 Å². The lowest BCUT2D eigenvalue weighted by Gasteiger charge is -2.25. The first kappa shape index (κ1) is 17.1. The lowest BCUT2D eigenvalue weighted by molar-refractivity contribution is -0.124. The molecule has 1 atom stereocenters. The Morgan fingerprint density at radius 2 is 2.00 bits per heavy atom. The molecule has 0 aromatic carbocycles. The van der Waals surface area contributed by atoms with Gasteiger partial charge in [0.25, 0.3) is 0 Å². The zero-order valence-electron chi connectivity index (χ0n) is 13.2. The van der Waals surface area contributed by atoms with E-state index in [2.05, 4.69) is 10.6 Å². The van der Waals surface area contributed by atoms with Gasteiger partial charge in [0.1, 0.15) is 17.4 Å². The molecule has 0 fully saturated rings. The van der Waals surface area contributed by atoms with Crippen LogP contribution >= 0.6 is 0 Å². The van der Waals surface area contributed by atoms with E-state index in [1.54, 1.807) is 39.2 Å². The van der Waals surface area contributed by atoms with E-state index >= 15 is 0 Å². The van der Waals surface area contributed by atoms with Gasteiger partial charge in [-0.05, 0) is 38.8 Å². The van der Waals surface area contributed by atoms with E-state index in [9.17, 15) is 9.59 Å². The number of carbonyl (C=O) groups excluding carboxylic acids is 2. The summed E-state index contributed by atoms with van der Waals surface area (Å²) in [7, 11) is 0. The summed E-state index contributed by atoms with van der Waals surface area (Å²) in [6, 6.07) is 2.86. The smallest absolute Gasteiger partial charge is 0.408 e.